The average molecular weight is 490 g/mol. The minimum Gasteiger partial charge on any atom is -0.494 e. The molecular weight excluding hydrogens is 454 g/mol. The molecule has 9 heteroatoms. The van der Waals surface area contributed by atoms with E-state index in [1.807, 2.05) is 37.3 Å². The fourth-order valence-corrected chi connectivity index (χ4v) is 4.62. The van der Waals surface area contributed by atoms with Crippen LogP contribution in [0.3, 0.4) is 0 Å². The van der Waals surface area contributed by atoms with Crippen molar-refractivity contribution >= 4 is 27.5 Å². The Hall–Kier alpha value is -3.07. The first-order valence-electron chi connectivity index (χ1n) is 11.4. The number of carbonyl (C=O) groups is 2. The van der Waals surface area contributed by atoms with Gasteiger partial charge in [0, 0.05) is 26.6 Å². The smallest absolute Gasteiger partial charge is 0.242 e. The van der Waals surface area contributed by atoms with Gasteiger partial charge in [0.25, 0.3) is 0 Å². The van der Waals surface area contributed by atoms with Crippen molar-refractivity contribution in [3.63, 3.8) is 0 Å². The molecule has 34 heavy (non-hydrogen) atoms. The number of amides is 2. The highest BCUT2D eigenvalue weighted by Gasteiger charge is 2.25. The molecule has 0 radical (unpaired) electrons. The lowest BCUT2D eigenvalue weighted by atomic mass is 10.1. The molecule has 2 aromatic carbocycles. The Bertz CT molecular complexity index is 1030. The van der Waals surface area contributed by atoms with Crippen molar-refractivity contribution in [2.45, 2.75) is 39.2 Å². The summed E-state index contributed by atoms with van der Waals surface area (Å²) in [6.45, 7) is 4.64. The Labute approximate surface area is 202 Å². The van der Waals surface area contributed by atoms with Crippen molar-refractivity contribution in [1.29, 1.82) is 0 Å². The van der Waals surface area contributed by atoms with Gasteiger partial charge < -0.3 is 15.0 Å². The van der Waals surface area contributed by atoms with Crippen molar-refractivity contribution in [3.05, 3.63) is 60.2 Å². The largest absolute Gasteiger partial charge is 0.494 e. The van der Waals surface area contributed by atoms with Gasteiger partial charge in [-0.05, 0) is 56.5 Å². The van der Waals surface area contributed by atoms with Gasteiger partial charge in [0.1, 0.15) is 11.8 Å². The van der Waals surface area contributed by atoms with Crippen molar-refractivity contribution < 1.29 is 22.7 Å². The molecular formula is C25H35N3O5S. The zero-order chi connectivity index (χ0) is 25.1. The highest BCUT2D eigenvalue weighted by atomic mass is 32.2. The molecule has 0 spiro atoms. The van der Waals surface area contributed by atoms with Crippen LogP contribution in [0.4, 0.5) is 5.69 Å². The molecule has 0 aliphatic rings. The molecule has 1 N–H and O–H groups in total. The molecule has 0 saturated carbocycles. The van der Waals surface area contributed by atoms with Gasteiger partial charge in [0.05, 0.1) is 18.6 Å². The normalized spacial score (nSPS) is 12.0. The van der Waals surface area contributed by atoms with Gasteiger partial charge in [-0.25, -0.2) is 8.42 Å². The van der Waals surface area contributed by atoms with Gasteiger partial charge in [0.2, 0.25) is 21.8 Å². The van der Waals surface area contributed by atoms with Gasteiger partial charge >= 0.3 is 0 Å². The second kappa shape index (κ2) is 13.0. The molecule has 0 aliphatic heterocycles. The molecule has 0 aromatic heterocycles. The quantitative estimate of drug-likeness (QED) is 0.467. The number of likely N-dealkylation sites (N-methyl/N-ethyl adjacent to an activating group) is 1. The maximum atomic E-state index is 13.1. The monoisotopic (exact) mass is 489 g/mol. The number of carbonyl (C=O) groups excluding carboxylic acids is 2. The maximum absolute atomic E-state index is 13.1. The Balaban J connectivity index is 2.06. The van der Waals surface area contributed by atoms with Crippen LogP contribution in [0, 0.1) is 0 Å². The number of nitrogens with zero attached hydrogens (tertiary/aromatic N) is 2. The van der Waals surface area contributed by atoms with Gasteiger partial charge in [-0.1, -0.05) is 30.3 Å². The average Bonchev–Trinajstić information content (AvgIpc) is 2.82. The number of sulfonamides is 1. The Kier molecular flexibility index (Phi) is 10.4. The lowest BCUT2D eigenvalue weighted by Gasteiger charge is -2.29. The van der Waals surface area contributed by atoms with Crippen LogP contribution in [0.2, 0.25) is 0 Å². The summed E-state index contributed by atoms with van der Waals surface area (Å²) >= 11 is 0. The number of ether oxygens (including phenoxy) is 1. The van der Waals surface area contributed by atoms with E-state index >= 15 is 0 Å². The van der Waals surface area contributed by atoms with Crippen LogP contribution in [0.1, 0.15) is 32.3 Å². The van der Waals surface area contributed by atoms with Gasteiger partial charge in [-0.15, -0.1) is 0 Å². The first kappa shape index (κ1) is 27.2. The van der Waals surface area contributed by atoms with Crippen LogP contribution in [0.5, 0.6) is 5.75 Å². The molecule has 0 saturated heterocycles. The molecule has 2 amide bonds. The summed E-state index contributed by atoms with van der Waals surface area (Å²) in [5, 5.41) is 2.60. The zero-order valence-corrected chi connectivity index (χ0v) is 21.2. The molecule has 0 fully saturated rings. The van der Waals surface area contributed by atoms with E-state index in [2.05, 4.69) is 5.32 Å². The number of hydrogen-bond donors (Lipinski definition) is 1. The number of rotatable bonds is 13. The minimum atomic E-state index is -3.54. The number of anilines is 1. The van der Waals surface area contributed by atoms with E-state index < -0.39 is 16.1 Å². The molecule has 2 aromatic rings. The van der Waals surface area contributed by atoms with Crippen molar-refractivity contribution in [2.75, 3.05) is 37.3 Å². The molecule has 186 valence electrons. The van der Waals surface area contributed by atoms with E-state index in [9.17, 15) is 18.0 Å². The molecule has 2 rings (SSSR count). The van der Waals surface area contributed by atoms with E-state index in [1.165, 1.54) is 4.31 Å². The van der Waals surface area contributed by atoms with Crippen LogP contribution in [0.25, 0.3) is 0 Å². The van der Waals surface area contributed by atoms with Crippen LogP contribution < -0.4 is 14.4 Å². The van der Waals surface area contributed by atoms with E-state index in [0.29, 0.717) is 37.4 Å². The van der Waals surface area contributed by atoms with Crippen LogP contribution in [-0.2, 0) is 26.0 Å². The fraction of sp³-hybridized carbons (Fsp3) is 0.440. The predicted octanol–water partition coefficient (Wildman–Crippen LogP) is 2.84. The van der Waals surface area contributed by atoms with E-state index in [0.717, 1.165) is 11.8 Å². The summed E-state index contributed by atoms with van der Waals surface area (Å²) in [6, 6.07) is 15.9. The summed E-state index contributed by atoms with van der Waals surface area (Å²) in [5.41, 5.74) is 1.58. The third-order valence-electron chi connectivity index (χ3n) is 5.49. The van der Waals surface area contributed by atoms with Crippen molar-refractivity contribution in [3.8, 4) is 5.75 Å². The second-order valence-corrected chi connectivity index (χ2v) is 9.89. The van der Waals surface area contributed by atoms with E-state index in [-0.39, 0.29) is 24.8 Å². The van der Waals surface area contributed by atoms with Crippen molar-refractivity contribution in [2.24, 2.45) is 0 Å². The highest BCUT2D eigenvalue weighted by molar-refractivity contribution is 7.92. The predicted molar refractivity (Wildman–Crippen MR) is 134 cm³/mol. The summed E-state index contributed by atoms with van der Waals surface area (Å²) in [5.74, 6) is 0.230. The summed E-state index contributed by atoms with van der Waals surface area (Å²) in [6.07, 6.45) is 2.21. The first-order chi connectivity index (χ1) is 16.2. The Morgan fingerprint density at radius 3 is 2.24 bits per heavy atom. The van der Waals surface area contributed by atoms with Crippen molar-refractivity contribution in [1.82, 2.24) is 10.2 Å². The first-order valence-corrected chi connectivity index (χ1v) is 13.3. The molecule has 8 nitrogen and oxygen atoms in total. The Morgan fingerprint density at radius 1 is 1.03 bits per heavy atom. The standard InChI is InChI=1S/C25H35N3O5S/c1-5-33-23-15-13-22(14-16-23)28(34(4,31)32)18-9-12-24(29)27(20(2)25(30)26-3)19-17-21-10-7-6-8-11-21/h6-8,10-11,13-16,20H,5,9,12,17-19H2,1-4H3,(H,26,30). The lowest BCUT2D eigenvalue weighted by molar-refractivity contribution is -0.139. The summed E-state index contributed by atoms with van der Waals surface area (Å²) in [7, 11) is -2.00. The highest BCUT2D eigenvalue weighted by Crippen LogP contribution is 2.22. The number of benzene rings is 2. The molecule has 0 bridgehead atoms. The molecule has 0 aliphatic carbocycles. The number of nitrogens with one attached hydrogen (secondary N) is 1. The molecule has 0 heterocycles. The minimum absolute atomic E-state index is 0.124. The van der Waals surface area contributed by atoms with Gasteiger partial charge in [-0.2, -0.15) is 0 Å². The summed E-state index contributed by atoms with van der Waals surface area (Å²) in [4.78, 5) is 26.9. The Morgan fingerprint density at radius 2 is 1.68 bits per heavy atom. The third kappa shape index (κ3) is 8.06. The SMILES string of the molecule is CCOc1ccc(N(CCCC(=O)N(CCc2ccccc2)C(C)C(=O)NC)S(C)(=O)=O)cc1. The van der Waals surface area contributed by atoms with Crippen LogP contribution in [-0.4, -0.2) is 64.2 Å². The summed E-state index contributed by atoms with van der Waals surface area (Å²) < 4.78 is 31.5. The molecule has 1 unspecified atom stereocenters. The maximum Gasteiger partial charge on any atom is 0.242 e. The van der Waals surface area contributed by atoms with Gasteiger partial charge in [0.15, 0.2) is 0 Å². The van der Waals surface area contributed by atoms with Gasteiger partial charge in [-0.3, -0.25) is 13.9 Å². The van der Waals surface area contributed by atoms with Crippen LogP contribution >= 0.6 is 0 Å². The fourth-order valence-electron chi connectivity index (χ4n) is 3.66. The number of hydrogen-bond acceptors (Lipinski definition) is 5. The second-order valence-electron chi connectivity index (χ2n) is 7.98. The van der Waals surface area contributed by atoms with E-state index in [1.54, 1.807) is 43.1 Å². The topological polar surface area (TPSA) is 96.0 Å². The third-order valence-corrected chi connectivity index (χ3v) is 6.68. The zero-order valence-electron chi connectivity index (χ0n) is 20.4. The van der Waals surface area contributed by atoms with E-state index in [4.69, 9.17) is 4.74 Å². The van der Waals surface area contributed by atoms with Crippen LogP contribution in [0.15, 0.2) is 54.6 Å². The lowest BCUT2D eigenvalue weighted by Crippen LogP contribution is -2.48. The molecule has 1 atom stereocenters.